The Labute approximate surface area is 169 Å². The summed E-state index contributed by atoms with van der Waals surface area (Å²) < 4.78 is 0.823. The molecule has 0 bridgehead atoms. The van der Waals surface area contributed by atoms with Gasteiger partial charge in [0.25, 0.3) is 0 Å². The zero-order chi connectivity index (χ0) is 19.4. The van der Waals surface area contributed by atoms with Crippen LogP contribution in [0.2, 0.25) is 0 Å². The quantitative estimate of drug-likeness (QED) is 0.473. The Balaban J connectivity index is 1.58. The first-order chi connectivity index (χ1) is 12.9. The molecule has 3 rings (SSSR count). The molecule has 3 aromatic rings. The number of aromatic nitrogens is 3. The number of hydrogen-bond acceptors (Lipinski definition) is 5. The van der Waals surface area contributed by atoms with Crippen molar-refractivity contribution < 1.29 is 9.90 Å². The maximum atomic E-state index is 12.1. The summed E-state index contributed by atoms with van der Waals surface area (Å²) in [4.78, 5) is 16.5. The Morgan fingerprint density at radius 3 is 2.70 bits per heavy atom. The number of phenols is 1. The van der Waals surface area contributed by atoms with Crippen LogP contribution in [0.1, 0.15) is 25.3 Å². The van der Waals surface area contributed by atoms with E-state index in [-0.39, 0.29) is 17.4 Å². The van der Waals surface area contributed by atoms with Gasteiger partial charge in [0.05, 0.1) is 11.3 Å². The topological polar surface area (TPSA) is 90.9 Å². The predicted octanol–water partition coefficient (Wildman–Crippen LogP) is 4.79. The molecule has 1 amide bonds. The van der Waals surface area contributed by atoms with Crippen LogP contribution in [-0.2, 0) is 4.79 Å². The molecule has 1 heterocycles. The SMILES string of the molecule is CC(C)c1ccc(NC(=O)CSc2n[nH]c(-c3cc(Br)ccc3O)n2)cc1. The number of nitrogens with one attached hydrogen (secondary N) is 2. The summed E-state index contributed by atoms with van der Waals surface area (Å²) in [5, 5.41) is 20.1. The number of carbonyl (C=O) groups excluding carboxylic acids is 1. The molecule has 0 atom stereocenters. The van der Waals surface area contributed by atoms with Gasteiger partial charge in [0.2, 0.25) is 11.1 Å². The zero-order valence-corrected chi connectivity index (χ0v) is 17.3. The zero-order valence-electron chi connectivity index (χ0n) is 14.9. The molecule has 2 aromatic carbocycles. The number of halogens is 1. The van der Waals surface area contributed by atoms with E-state index in [9.17, 15) is 9.90 Å². The Morgan fingerprint density at radius 2 is 2.00 bits per heavy atom. The summed E-state index contributed by atoms with van der Waals surface area (Å²) in [6.07, 6.45) is 0. The van der Waals surface area contributed by atoms with Gasteiger partial charge in [0.1, 0.15) is 5.75 Å². The third-order valence-electron chi connectivity index (χ3n) is 3.87. The van der Waals surface area contributed by atoms with Gasteiger partial charge in [-0.1, -0.05) is 53.7 Å². The number of rotatable bonds is 6. The monoisotopic (exact) mass is 446 g/mol. The van der Waals surface area contributed by atoms with E-state index in [4.69, 9.17) is 0 Å². The second-order valence-electron chi connectivity index (χ2n) is 6.24. The third-order valence-corrected chi connectivity index (χ3v) is 5.21. The summed E-state index contributed by atoms with van der Waals surface area (Å²) in [5.74, 6) is 1.06. The van der Waals surface area contributed by atoms with Crippen LogP contribution in [0.25, 0.3) is 11.4 Å². The number of aromatic amines is 1. The van der Waals surface area contributed by atoms with Crippen LogP contribution in [0.4, 0.5) is 5.69 Å². The first-order valence-corrected chi connectivity index (χ1v) is 10.1. The molecule has 0 aliphatic heterocycles. The number of nitrogens with zero attached hydrogens (tertiary/aromatic N) is 2. The lowest BCUT2D eigenvalue weighted by Crippen LogP contribution is -2.14. The Morgan fingerprint density at radius 1 is 1.26 bits per heavy atom. The highest BCUT2D eigenvalue weighted by Crippen LogP contribution is 2.30. The van der Waals surface area contributed by atoms with E-state index in [0.717, 1.165) is 10.2 Å². The maximum absolute atomic E-state index is 12.1. The highest BCUT2D eigenvalue weighted by molar-refractivity contribution is 9.10. The van der Waals surface area contributed by atoms with E-state index in [1.54, 1.807) is 18.2 Å². The smallest absolute Gasteiger partial charge is 0.234 e. The number of benzene rings is 2. The van der Waals surface area contributed by atoms with Crippen LogP contribution in [-0.4, -0.2) is 31.9 Å². The highest BCUT2D eigenvalue weighted by Gasteiger charge is 2.12. The number of H-pyrrole nitrogens is 1. The van der Waals surface area contributed by atoms with Gasteiger partial charge in [-0.15, -0.1) is 5.10 Å². The minimum absolute atomic E-state index is 0.105. The van der Waals surface area contributed by atoms with E-state index >= 15 is 0 Å². The standard InChI is InChI=1S/C19H19BrN4O2S/c1-11(2)12-3-6-14(7-4-12)21-17(26)10-27-19-22-18(23-24-19)15-9-13(20)5-8-16(15)25/h3-9,11,25H,10H2,1-2H3,(H,21,26)(H,22,23,24). The summed E-state index contributed by atoms with van der Waals surface area (Å²) in [6, 6.07) is 12.9. The first kappa shape index (κ1) is 19.4. The van der Waals surface area contributed by atoms with Gasteiger partial charge >= 0.3 is 0 Å². The number of amides is 1. The molecule has 0 radical (unpaired) electrons. The molecule has 140 valence electrons. The lowest BCUT2D eigenvalue weighted by atomic mass is 10.0. The molecule has 0 fully saturated rings. The minimum Gasteiger partial charge on any atom is -0.507 e. The molecule has 6 nitrogen and oxygen atoms in total. The van der Waals surface area contributed by atoms with Crippen LogP contribution < -0.4 is 5.32 Å². The molecule has 3 N–H and O–H groups in total. The van der Waals surface area contributed by atoms with Gasteiger partial charge in [-0.25, -0.2) is 4.98 Å². The number of thioether (sulfide) groups is 1. The maximum Gasteiger partial charge on any atom is 0.234 e. The summed E-state index contributed by atoms with van der Waals surface area (Å²) in [5.41, 5.74) is 2.53. The van der Waals surface area contributed by atoms with Crippen molar-refractivity contribution in [2.75, 3.05) is 11.1 Å². The van der Waals surface area contributed by atoms with E-state index in [2.05, 4.69) is 50.3 Å². The van der Waals surface area contributed by atoms with Gasteiger partial charge in [-0.3, -0.25) is 9.89 Å². The molecule has 0 aliphatic rings. The van der Waals surface area contributed by atoms with Gasteiger partial charge in [-0.05, 0) is 41.8 Å². The van der Waals surface area contributed by atoms with Gasteiger partial charge in [0, 0.05) is 10.2 Å². The van der Waals surface area contributed by atoms with E-state index in [1.165, 1.54) is 17.3 Å². The van der Waals surface area contributed by atoms with E-state index < -0.39 is 0 Å². The highest BCUT2D eigenvalue weighted by atomic mass is 79.9. The van der Waals surface area contributed by atoms with Crippen molar-refractivity contribution >= 4 is 39.3 Å². The van der Waals surface area contributed by atoms with Gasteiger partial charge in [0.15, 0.2) is 5.82 Å². The largest absolute Gasteiger partial charge is 0.507 e. The molecule has 0 aliphatic carbocycles. The predicted molar refractivity (Wildman–Crippen MR) is 111 cm³/mol. The van der Waals surface area contributed by atoms with E-state index in [0.29, 0.717) is 22.5 Å². The Hall–Kier alpha value is -2.32. The number of hydrogen-bond donors (Lipinski definition) is 3. The van der Waals surface area contributed by atoms with Crippen molar-refractivity contribution in [1.29, 1.82) is 0 Å². The fraction of sp³-hybridized carbons (Fsp3) is 0.211. The number of anilines is 1. The fourth-order valence-corrected chi connectivity index (χ4v) is 3.37. The minimum atomic E-state index is -0.131. The van der Waals surface area contributed by atoms with Crippen LogP contribution >= 0.6 is 27.7 Å². The van der Waals surface area contributed by atoms with Crippen molar-refractivity contribution in [2.45, 2.75) is 24.9 Å². The van der Waals surface area contributed by atoms with Crippen molar-refractivity contribution in [3.63, 3.8) is 0 Å². The second-order valence-corrected chi connectivity index (χ2v) is 8.10. The summed E-state index contributed by atoms with van der Waals surface area (Å²) in [7, 11) is 0. The molecular formula is C19H19BrN4O2S. The van der Waals surface area contributed by atoms with Crippen LogP contribution in [0, 0.1) is 0 Å². The molecule has 0 saturated carbocycles. The number of carbonyl (C=O) groups is 1. The number of aromatic hydroxyl groups is 1. The molecule has 0 saturated heterocycles. The molecule has 0 unspecified atom stereocenters. The normalized spacial score (nSPS) is 11.0. The summed E-state index contributed by atoms with van der Waals surface area (Å²) >= 11 is 4.59. The van der Waals surface area contributed by atoms with Crippen molar-refractivity contribution in [1.82, 2.24) is 15.2 Å². The molecule has 27 heavy (non-hydrogen) atoms. The van der Waals surface area contributed by atoms with Crippen LogP contribution in [0.5, 0.6) is 5.75 Å². The molecule has 8 heteroatoms. The molecule has 0 spiro atoms. The van der Waals surface area contributed by atoms with E-state index in [1.807, 2.05) is 24.3 Å². The first-order valence-electron chi connectivity index (χ1n) is 8.36. The third kappa shape index (κ3) is 5.11. The second kappa shape index (κ2) is 8.58. The van der Waals surface area contributed by atoms with Gasteiger partial charge in [-0.2, -0.15) is 0 Å². The summed E-state index contributed by atoms with van der Waals surface area (Å²) in [6.45, 7) is 4.26. The average molecular weight is 447 g/mol. The van der Waals surface area contributed by atoms with Crippen LogP contribution in [0.15, 0.2) is 52.1 Å². The number of phenolic OH excluding ortho intramolecular Hbond substituents is 1. The van der Waals surface area contributed by atoms with Crippen molar-refractivity contribution in [3.05, 3.63) is 52.5 Å². The van der Waals surface area contributed by atoms with Gasteiger partial charge < -0.3 is 10.4 Å². The molecular weight excluding hydrogens is 428 g/mol. The fourth-order valence-electron chi connectivity index (χ4n) is 2.41. The van der Waals surface area contributed by atoms with Crippen molar-refractivity contribution in [3.8, 4) is 17.1 Å². The van der Waals surface area contributed by atoms with Crippen molar-refractivity contribution in [2.24, 2.45) is 0 Å². The van der Waals surface area contributed by atoms with Crippen LogP contribution in [0.3, 0.4) is 0 Å². The average Bonchev–Trinajstić information content (AvgIpc) is 3.11. The molecule has 1 aromatic heterocycles. The Kier molecular flexibility index (Phi) is 6.18. The lowest BCUT2D eigenvalue weighted by molar-refractivity contribution is -0.113. The Bertz CT molecular complexity index is 941. The lowest BCUT2D eigenvalue weighted by Gasteiger charge is -2.08.